The fraction of sp³-hybridized carbons (Fsp3) is 0.295. The maximum Gasteiger partial charge on any atom is 0.224 e. The largest absolute Gasteiger partial charge is 0.399 e. The van der Waals surface area contributed by atoms with Crippen molar-refractivity contribution >= 4 is 46.9 Å². The number of aromatic nitrogens is 1. The van der Waals surface area contributed by atoms with Crippen LogP contribution >= 0.6 is 0 Å². The lowest BCUT2D eigenvalue weighted by Gasteiger charge is -2.33. The first-order valence-corrected chi connectivity index (χ1v) is 17.6. The van der Waals surface area contributed by atoms with Gasteiger partial charge in [0.1, 0.15) is 0 Å². The van der Waals surface area contributed by atoms with Crippen LogP contribution in [0.25, 0.3) is 29.6 Å². The molecular weight excluding hydrogens is 615 g/mol. The highest BCUT2D eigenvalue weighted by Gasteiger charge is 2.25. The van der Waals surface area contributed by atoms with E-state index in [1.54, 1.807) is 0 Å². The number of anilines is 2. The first kappa shape index (κ1) is 36.1. The Morgan fingerprint density at radius 3 is 2.14 bits per heavy atom. The van der Waals surface area contributed by atoms with Gasteiger partial charge in [0.2, 0.25) is 5.91 Å². The summed E-state index contributed by atoms with van der Waals surface area (Å²) in [5, 5.41) is 7.68. The molecule has 1 aromatic heterocycles. The van der Waals surface area contributed by atoms with Gasteiger partial charge < -0.3 is 26.3 Å². The molecule has 0 aliphatic rings. The van der Waals surface area contributed by atoms with E-state index in [1.807, 2.05) is 35.2 Å². The highest BCUT2D eigenvalue weighted by atomic mass is 16.2. The van der Waals surface area contributed by atoms with Crippen LogP contribution < -0.4 is 27.5 Å². The van der Waals surface area contributed by atoms with E-state index in [0.717, 1.165) is 68.0 Å². The zero-order valence-corrected chi connectivity index (χ0v) is 30.5. The molecular formula is C44H53N5O. The third kappa shape index (κ3) is 8.31. The number of hydrogen-bond acceptors (Lipinski definition) is 4. The Morgan fingerprint density at radius 1 is 0.860 bits per heavy atom. The number of rotatable bonds is 14. The maximum atomic E-state index is 14.2. The molecule has 5 rings (SSSR count). The monoisotopic (exact) mass is 667 g/mol. The normalized spacial score (nSPS) is 12.5. The number of fused-ring (bicyclic) bond motifs is 1. The van der Waals surface area contributed by atoms with Crippen molar-refractivity contribution in [2.24, 2.45) is 5.92 Å². The summed E-state index contributed by atoms with van der Waals surface area (Å²) in [6.45, 7) is 25.5. The molecule has 1 heterocycles. The second kappa shape index (κ2) is 15.5. The molecule has 0 saturated carbocycles. The lowest BCUT2D eigenvalue weighted by atomic mass is 9.92. The predicted octanol–water partition coefficient (Wildman–Crippen LogP) is 6.83. The van der Waals surface area contributed by atoms with Crippen molar-refractivity contribution < 1.29 is 4.79 Å². The summed E-state index contributed by atoms with van der Waals surface area (Å²) in [6.07, 6.45) is 1.87. The van der Waals surface area contributed by atoms with Crippen LogP contribution in [0.4, 0.5) is 11.4 Å². The van der Waals surface area contributed by atoms with Crippen molar-refractivity contribution in [1.82, 2.24) is 14.8 Å². The van der Waals surface area contributed by atoms with Gasteiger partial charge in [-0.1, -0.05) is 86.8 Å². The number of aryl methyl sites for hydroxylation is 4. The SMILES string of the molecule is C=C(N[C@@H](Cc1ccc(N)cc1)C(C)CN(CCc1ccc(C)cc1C)C(=O)CCn1c(=C)c2ccccc2c1=C)c1cc(C)c(C)cc1N. The highest BCUT2D eigenvalue weighted by molar-refractivity contribution is 5.83. The smallest absolute Gasteiger partial charge is 0.224 e. The lowest BCUT2D eigenvalue weighted by molar-refractivity contribution is -0.132. The molecule has 0 radical (unpaired) electrons. The fourth-order valence-corrected chi connectivity index (χ4v) is 6.95. The van der Waals surface area contributed by atoms with Gasteiger partial charge in [-0.3, -0.25) is 4.79 Å². The molecule has 0 bridgehead atoms. The van der Waals surface area contributed by atoms with Gasteiger partial charge in [0.05, 0.1) is 0 Å². The minimum Gasteiger partial charge on any atom is -0.399 e. The topological polar surface area (TPSA) is 89.3 Å². The standard InChI is InChI=1S/C44H53N5O/c1-28-13-16-37(31(4)23-28)19-21-48(44(50)20-22-49-34(7)39-11-9-10-12-40(39)35(49)8)27-32(5)43(26-36-14-17-38(45)18-15-36)47-33(6)41-24-29(2)30(3)25-42(41)46/h9-18,23-25,32,43,47H,6-8,19-22,26-27,45-46H2,1-5H3/t32?,43-/m0/s1. The first-order valence-electron chi connectivity index (χ1n) is 17.6. The second-order valence-corrected chi connectivity index (χ2v) is 14.0. The molecule has 0 aliphatic heterocycles. The number of hydrogen-bond donors (Lipinski definition) is 3. The molecule has 0 saturated heterocycles. The summed E-state index contributed by atoms with van der Waals surface area (Å²) in [4.78, 5) is 16.3. The van der Waals surface area contributed by atoms with Gasteiger partial charge in [-0.15, -0.1) is 0 Å². The number of carbonyl (C=O) groups is 1. The Morgan fingerprint density at radius 2 is 1.50 bits per heavy atom. The number of nitrogen functional groups attached to an aromatic ring is 2. The highest BCUT2D eigenvalue weighted by Crippen LogP contribution is 2.25. The van der Waals surface area contributed by atoms with Gasteiger partial charge in [-0.2, -0.15) is 0 Å². The van der Waals surface area contributed by atoms with Gasteiger partial charge in [-0.05, 0) is 98.5 Å². The number of nitrogens with two attached hydrogens (primary N) is 2. The molecule has 5 N–H and O–H groups in total. The predicted molar refractivity (Wildman–Crippen MR) is 213 cm³/mol. The first-order chi connectivity index (χ1) is 23.8. The molecule has 50 heavy (non-hydrogen) atoms. The maximum absolute atomic E-state index is 14.2. The van der Waals surface area contributed by atoms with E-state index in [1.165, 1.54) is 16.7 Å². The van der Waals surface area contributed by atoms with Gasteiger partial charge in [0, 0.05) is 76.2 Å². The third-order valence-electron chi connectivity index (χ3n) is 10.2. The molecule has 1 amide bonds. The molecule has 0 aliphatic carbocycles. The number of benzene rings is 4. The van der Waals surface area contributed by atoms with E-state index in [0.29, 0.717) is 31.7 Å². The van der Waals surface area contributed by atoms with E-state index in [2.05, 4.69) is 113 Å². The summed E-state index contributed by atoms with van der Waals surface area (Å²) in [5.74, 6) is 0.183. The molecule has 6 nitrogen and oxygen atoms in total. The number of nitrogens with one attached hydrogen (secondary N) is 1. The fourth-order valence-electron chi connectivity index (χ4n) is 6.95. The van der Waals surface area contributed by atoms with Crippen molar-refractivity contribution in [3.8, 4) is 0 Å². The molecule has 0 spiro atoms. The summed E-state index contributed by atoms with van der Waals surface area (Å²) >= 11 is 0. The molecule has 0 fully saturated rings. The summed E-state index contributed by atoms with van der Waals surface area (Å²) in [5.41, 5.74) is 22.8. The minimum atomic E-state index is -0.0313. The molecule has 4 aromatic carbocycles. The van der Waals surface area contributed by atoms with Crippen molar-refractivity contribution in [2.75, 3.05) is 24.6 Å². The Labute approximate surface area is 297 Å². The Balaban J connectivity index is 1.41. The van der Waals surface area contributed by atoms with Crippen LogP contribution in [0, 0.1) is 33.6 Å². The Bertz CT molecular complexity index is 2060. The van der Waals surface area contributed by atoms with Crippen LogP contribution in [0.15, 0.2) is 85.4 Å². The van der Waals surface area contributed by atoms with Gasteiger partial charge in [0.15, 0.2) is 0 Å². The number of carbonyl (C=O) groups excluding carboxylic acids is 1. The van der Waals surface area contributed by atoms with Crippen molar-refractivity contribution in [1.29, 1.82) is 0 Å². The van der Waals surface area contributed by atoms with E-state index in [4.69, 9.17) is 11.5 Å². The molecule has 5 aromatic rings. The van der Waals surface area contributed by atoms with E-state index in [-0.39, 0.29) is 17.9 Å². The lowest BCUT2D eigenvalue weighted by Crippen LogP contribution is -2.44. The zero-order valence-electron chi connectivity index (χ0n) is 30.5. The minimum absolute atomic E-state index is 0.0313. The van der Waals surface area contributed by atoms with E-state index in [9.17, 15) is 4.79 Å². The van der Waals surface area contributed by atoms with Gasteiger partial charge >= 0.3 is 0 Å². The van der Waals surface area contributed by atoms with E-state index < -0.39 is 0 Å². The van der Waals surface area contributed by atoms with Crippen molar-refractivity contribution in [2.45, 2.75) is 66.5 Å². The van der Waals surface area contributed by atoms with Crippen LogP contribution in [0.3, 0.4) is 0 Å². The van der Waals surface area contributed by atoms with Crippen LogP contribution in [0.2, 0.25) is 0 Å². The van der Waals surface area contributed by atoms with Crippen LogP contribution in [-0.2, 0) is 24.2 Å². The van der Waals surface area contributed by atoms with E-state index >= 15 is 0 Å². The molecule has 6 heteroatoms. The van der Waals surface area contributed by atoms with Gasteiger partial charge in [-0.25, -0.2) is 0 Å². The molecule has 260 valence electrons. The van der Waals surface area contributed by atoms with Crippen LogP contribution in [0.1, 0.15) is 52.3 Å². The second-order valence-electron chi connectivity index (χ2n) is 14.0. The quantitative estimate of drug-likeness (QED) is 0.113. The summed E-state index contributed by atoms with van der Waals surface area (Å²) in [6, 6.07) is 26.8. The van der Waals surface area contributed by atoms with Crippen molar-refractivity contribution in [3.05, 3.63) is 135 Å². The molecule has 1 unspecified atom stereocenters. The third-order valence-corrected chi connectivity index (χ3v) is 10.2. The number of nitrogens with zero attached hydrogens (tertiary/aromatic N) is 2. The Kier molecular flexibility index (Phi) is 11.2. The summed E-state index contributed by atoms with van der Waals surface area (Å²) < 4.78 is 2.08. The average molecular weight is 668 g/mol. The molecule has 2 atom stereocenters. The Hall–Kier alpha value is -5.23. The summed E-state index contributed by atoms with van der Waals surface area (Å²) in [7, 11) is 0. The van der Waals surface area contributed by atoms with Gasteiger partial charge in [0.25, 0.3) is 0 Å². The van der Waals surface area contributed by atoms with Crippen LogP contribution in [0.5, 0.6) is 0 Å². The average Bonchev–Trinajstić information content (AvgIpc) is 3.33. The number of amides is 1. The van der Waals surface area contributed by atoms with Crippen molar-refractivity contribution in [3.63, 3.8) is 0 Å². The van der Waals surface area contributed by atoms with Crippen LogP contribution in [-0.4, -0.2) is 34.5 Å². The zero-order chi connectivity index (χ0) is 36.1.